The summed E-state index contributed by atoms with van der Waals surface area (Å²) in [4.78, 5) is 15.2. The van der Waals surface area contributed by atoms with Gasteiger partial charge < -0.3 is 15.0 Å². The molecule has 1 aliphatic rings. The van der Waals surface area contributed by atoms with Gasteiger partial charge in [0.25, 0.3) is 5.91 Å². The molecule has 0 unspecified atom stereocenters. The molecule has 0 bridgehead atoms. The van der Waals surface area contributed by atoms with Crippen molar-refractivity contribution in [2.24, 2.45) is 0 Å². The lowest BCUT2D eigenvalue weighted by Crippen LogP contribution is -2.29. The zero-order chi connectivity index (χ0) is 20.1. The van der Waals surface area contributed by atoms with Gasteiger partial charge in [0.05, 0.1) is 5.69 Å². The maximum atomic E-state index is 12.8. The van der Waals surface area contributed by atoms with Gasteiger partial charge in [-0.25, -0.2) is 0 Å². The Morgan fingerprint density at radius 1 is 0.897 bits per heavy atom. The van der Waals surface area contributed by atoms with E-state index in [4.69, 9.17) is 16.3 Å². The van der Waals surface area contributed by atoms with E-state index in [1.807, 2.05) is 54.6 Å². The molecule has 1 N–H and O–H groups in total. The summed E-state index contributed by atoms with van der Waals surface area (Å²) in [5, 5.41) is 3.45. The number of hydrogen-bond donors (Lipinski definition) is 1. The summed E-state index contributed by atoms with van der Waals surface area (Å²) < 4.78 is 5.92. The lowest BCUT2D eigenvalue weighted by Gasteiger charge is -2.28. The summed E-state index contributed by atoms with van der Waals surface area (Å²) in [7, 11) is 0. The summed E-state index contributed by atoms with van der Waals surface area (Å²) in [5.74, 6) is 1.03. The number of nitrogens with one attached hydrogen (secondary N) is 1. The Balaban J connectivity index is 1.49. The number of halogens is 1. The van der Waals surface area contributed by atoms with Gasteiger partial charge in [0.1, 0.15) is 5.75 Å². The van der Waals surface area contributed by atoms with Crippen LogP contribution in [0.4, 0.5) is 11.4 Å². The van der Waals surface area contributed by atoms with Crippen LogP contribution in [-0.4, -0.2) is 19.0 Å². The number of hydrogen-bond acceptors (Lipinski definition) is 3. The van der Waals surface area contributed by atoms with E-state index in [1.165, 1.54) is 19.3 Å². The monoisotopic (exact) mass is 406 g/mol. The Morgan fingerprint density at radius 3 is 2.34 bits per heavy atom. The highest BCUT2D eigenvalue weighted by Gasteiger charge is 2.14. The number of carbonyl (C=O) groups is 1. The van der Waals surface area contributed by atoms with Gasteiger partial charge in [-0.1, -0.05) is 29.8 Å². The maximum absolute atomic E-state index is 12.8. The van der Waals surface area contributed by atoms with Crippen molar-refractivity contribution in [2.75, 3.05) is 23.3 Å². The molecule has 148 valence electrons. The van der Waals surface area contributed by atoms with Crippen LogP contribution < -0.4 is 15.0 Å². The standard InChI is InChI=1S/C24H23ClN2O2/c25-19-11-14-23(29-21-7-3-1-4-8-21)22(17-19)26-24(28)18-9-12-20(13-10-18)27-15-5-2-6-16-27/h1,3-4,7-14,17H,2,5-6,15-16H2,(H,26,28). The molecule has 0 saturated carbocycles. The molecule has 0 radical (unpaired) electrons. The van der Waals surface area contributed by atoms with E-state index in [-0.39, 0.29) is 5.91 Å². The molecule has 1 aliphatic heterocycles. The first-order valence-corrected chi connectivity index (χ1v) is 10.3. The fraction of sp³-hybridized carbons (Fsp3) is 0.208. The van der Waals surface area contributed by atoms with E-state index in [2.05, 4.69) is 10.2 Å². The van der Waals surface area contributed by atoms with E-state index < -0.39 is 0 Å². The van der Waals surface area contributed by atoms with Gasteiger partial charge in [0, 0.05) is 29.4 Å². The van der Waals surface area contributed by atoms with E-state index in [9.17, 15) is 4.79 Å². The highest BCUT2D eigenvalue weighted by atomic mass is 35.5. The van der Waals surface area contributed by atoms with Gasteiger partial charge >= 0.3 is 0 Å². The minimum atomic E-state index is -0.199. The molecule has 0 aromatic heterocycles. The third kappa shape index (κ3) is 4.90. The second kappa shape index (κ2) is 9.01. The first-order valence-electron chi connectivity index (χ1n) is 9.88. The molecule has 0 spiro atoms. The molecular formula is C24H23ClN2O2. The number of anilines is 2. The molecule has 4 nitrogen and oxygen atoms in total. The smallest absolute Gasteiger partial charge is 0.255 e. The quantitative estimate of drug-likeness (QED) is 0.534. The van der Waals surface area contributed by atoms with Crippen LogP contribution in [0.15, 0.2) is 72.8 Å². The van der Waals surface area contributed by atoms with Gasteiger partial charge in [0.15, 0.2) is 5.75 Å². The van der Waals surface area contributed by atoms with Gasteiger partial charge in [-0.15, -0.1) is 0 Å². The van der Waals surface area contributed by atoms with E-state index >= 15 is 0 Å². The molecule has 1 fully saturated rings. The van der Waals surface area contributed by atoms with Crippen molar-refractivity contribution in [2.45, 2.75) is 19.3 Å². The zero-order valence-electron chi connectivity index (χ0n) is 16.1. The minimum Gasteiger partial charge on any atom is -0.455 e. The number of para-hydroxylation sites is 1. The summed E-state index contributed by atoms with van der Waals surface area (Å²) in [6, 6.07) is 22.4. The topological polar surface area (TPSA) is 41.6 Å². The van der Waals surface area contributed by atoms with Gasteiger partial charge in [-0.3, -0.25) is 4.79 Å². The summed E-state index contributed by atoms with van der Waals surface area (Å²) in [5.41, 5.74) is 2.29. The molecule has 4 rings (SSSR count). The summed E-state index contributed by atoms with van der Waals surface area (Å²) in [6.45, 7) is 2.16. The van der Waals surface area contributed by atoms with Crippen molar-refractivity contribution in [3.05, 3.63) is 83.4 Å². The van der Waals surface area contributed by atoms with Crippen molar-refractivity contribution in [3.8, 4) is 11.5 Å². The van der Waals surface area contributed by atoms with Crippen LogP contribution >= 0.6 is 11.6 Å². The molecule has 1 saturated heterocycles. The minimum absolute atomic E-state index is 0.199. The third-order valence-corrected chi connectivity index (χ3v) is 5.25. The van der Waals surface area contributed by atoms with Gasteiger partial charge in [0.2, 0.25) is 0 Å². The Bertz CT molecular complexity index is 968. The van der Waals surface area contributed by atoms with Crippen LogP contribution in [0.1, 0.15) is 29.6 Å². The van der Waals surface area contributed by atoms with Crippen LogP contribution in [0, 0.1) is 0 Å². The van der Waals surface area contributed by atoms with Crippen LogP contribution in [0.3, 0.4) is 0 Å². The fourth-order valence-electron chi connectivity index (χ4n) is 3.47. The van der Waals surface area contributed by atoms with Crippen LogP contribution in [0.25, 0.3) is 0 Å². The number of ether oxygens (including phenoxy) is 1. The summed E-state index contributed by atoms with van der Waals surface area (Å²) >= 11 is 6.14. The molecule has 3 aromatic carbocycles. The van der Waals surface area contributed by atoms with Crippen molar-refractivity contribution in [1.82, 2.24) is 0 Å². The normalized spacial score (nSPS) is 13.8. The van der Waals surface area contributed by atoms with E-state index in [0.29, 0.717) is 27.8 Å². The van der Waals surface area contributed by atoms with Crippen molar-refractivity contribution >= 4 is 28.9 Å². The number of carbonyl (C=O) groups excluding carboxylic acids is 1. The lowest BCUT2D eigenvalue weighted by atomic mass is 10.1. The molecule has 0 aliphatic carbocycles. The Kier molecular flexibility index (Phi) is 6.01. The second-order valence-electron chi connectivity index (χ2n) is 7.10. The molecule has 29 heavy (non-hydrogen) atoms. The largest absolute Gasteiger partial charge is 0.455 e. The number of benzene rings is 3. The first kappa shape index (κ1) is 19.3. The molecule has 1 heterocycles. The molecule has 3 aromatic rings. The van der Waals surface area contributed by atoms with Crippen molar-refractivity contribution in [3.63, 3.8) is 0 Å². The predicted octanol–water partition coefficient (Wildman–Crippen LogP) is 6.37. The van der Waals surface area contributed by atoms with Gasteiger partial charge in [-0.05, 0) is 73.9 Å². The first-order chi connectivity index (χ1) is 14.2. The zero-order valence-corrected chi connectivity index (χ0v) is 16.9. The van der Waals surface area contributed by atoms with Crippen LogP contribution in [0.2, 0.25) is 5.02 Å². The third-order valence-electron chi connectivity index (χ3n) is 5.01. The molecule has 1 amide bonds. The summed E-state index contributed by atoms with van der Waals surface area (Å²) in [6.07, 6.45) is 3.74. The maximum Gasteiger partial charge on any atom is 0.255 e. The fourth-order valence-corrected chi connectivity index (χ4v) is 3.65. The SMILES string of the molecule is O=C(Nc1cc(Cl)ccc1Oc1ccccc1)c1ccc(N2CCCCC2)cc1. The number of piperidine rings is 1. The highest BCUT2D eigenvalue weighted by Crippen LogP contribution is 2.32. The average Bonchev–Trinajstić information content (AvgIpc) is 2.77. The Labute approximate surface area is 176 Å². The lowest BCUT2D eigenvalue weighted by molar-refractivity contribution is 0.102. The van der Waals surface area contributed by atoms with Crippen LogP contribution in [0.5, 0.6) is 11.5 Å². The van der Waals surface area contributed by atoms with E-state index in [1.54, 1.807) is 18.2 Å². The number of amides is 1. The number of rotatable bonds is 5. The average molecular weight is 407 g/mol. The van der Waals surface area contributed by atoms with E-state index in [0.717, 1.165) is 18.8 Å². The van der Waals surface area contributed by atoms with Gasteiger partial charge in [-0.2, -0.15) is 0 Å². The second-order valence-corrected chi connectivity index (χ2v) is 7.54. The highest BCUT2D eigenvalue weighted by molar-refractivity contribution is 6.31. The molecule has 0 atom stereocenters. The Morgan fingerprint density at radius 2 is 1.62 bits per heavy atom. The van der Waals surface area contributed by atoms with Crippen molar-refractivity contribution in [1.29, 1.82) is 0 Å². The Hall–Kier alpha value is -2.98. The number of nitrogens with zero attached hydrogens (tertiary/aromatic N) is 1. The van der Waals surface area contributed by atoms with Crippen LogP contribution in [-0.2, 0) is 0 Å². The predicted molar refractivity (Wildman–Crippen MR) is 118 cm³/mol. The van der Waals surface area contributed by atoms with Crippen molar-refractivity contribution < 1.29 is 9.53 Å². The molecular weight excluding hydrogens is 384 g/mol. The molecule has 5 heteroatoms.